The van der Waals surface area contributed by atoms with Crippen LogP contribution in [0.15, 0.2) is 36.4 Å². The highest BCUT2D eigenvalue weighted by molar-refractivity contribution is 6.32. The number of carbonyl (C=O) groups is 2. The number of amides is 2. The summed E-state index contributed by atoms with van der Waals surface area (Å²) in [5, 5.41) is 3.47. The van der Waals surface area contributed by atoms with Gasteiger partial charge in [0.2, 0.25) is 11.9 Å². The SMILES string of the molecule is COc1cc2nc(NC(=O)c3cc(C)nc(C)c3)n([C@@H]3CCCCN(C(=O)C=CCN(C)C)C3)c2cc1Cl. The quantitative estimate of drug-likeness (QED) is 0.441. The van der Waals surface area contributed by atoms with Gasteiger partial charge < -0.3 is 19.1 Å². The molecule has 1 saturated heterocycles. The van der Waals surface area contributed by atoms with Crippen molar-refractivity contribution in [2.24, 2.45) is 0 Å². The number of aromatic nitrogens is 3. The topological polar surface area (TPSA) is 92.6 Å². The van der Waals surface area contributed by atoms with Crippen LogP contribution in [0.2, 0.25) is 5.02 Å². The Hall–Kier alpha value is -3.43. The maximum Gasteiger partial charge on any atom is 0.258 e. The molecule has 38 heavy (non-hydrogen) atoms. The maximum absolute atomic E-state index is 13.3. The number of rotatable bonds is 7. The molecule has 1 aliphatic rings. The number of nitrogens with one attached hydrogen (secondary N) is 1. The summed E-state index contributed by atoms with van der Waals surface area (Å²) in [7, 11) is 5.48. The molecule has 1 N–H and O–H groups in total. The van der Waals surface area contributed by atoms with Gasteiger partial charge in [-0.3, -0.25) is 19.9 Å². The van der Waals surface area contributed by atoms with E-state index in [9.17, 15) is 9.59 Å². The molecular weight excluding hydrogens is 504 g/mol. The highest BCUT2D eigenvalue weighted by Gasteiger charge is 2.27. The van der Waals surface area contributed by atoms with E-state index in [1.165, 1.54) is 0 Å². The van der Waals surface area contributed by atoms with Gasteiger partial charge in [0, 0.05) is 48.7 Å². The average molecular weight is 539 g/mol. The van der Waals surface area contributed by atoms with Crippen molar-refractivity contribution in [3.63, 3.8) is 0 Å². The molecule has 2 amide bonds. The minimum absolute atomic E-state index is 0.0174. The van der Waals surface area contributed by atoms with E-state index in [4.69, 9.17) is 21.3 Å². The zero-order valence-electron chi connectivity index (χ0n) is 22.6. The lowest BCUT2D eigenvalue weighted by molar-refractivity contribution is -0.126. The molecule has 2 aromatic heterocycles. The lowest BCUT2D eigenvalue weighted by Gasteiger charge is -2.26. The molecule has 1 fully saturated rings. The van der Waals surface area contributed by atoms with Gasteiger partial charge in [-0.25, -0.2) is 4.98 Å². The predicted molar refractivity (Wildman–Crippen MR) is 150 cm³/mol. The van der Waals surface area contributed by atoms with Crippen molar-refractivity contribution in [1.82, 2.24) is 24.3 Å². The number of halogens is 1. The minimum Gasteiger partial charge on any atom is -0.495 e. The minimum atomic E-state index is -0.276. The normalized spacial score (nSPS) is 16.3. The van der Waals surface area contributed by atoms with Gasteiger partial charge in [0.15, 0.2) is 0 Å². The van der Waals surface area contributed by atoms with Gasteiger partial charge in [0.25, 0.3) is 5.91 Å². The number of carbonyl (C=O) groups excluding carboxylic acids is 2. The highest BCUT2D eigenvalue weighted by Crippen LogP contribution is 2.35. The van der Waals surface area contributed by atoms with Crippen molar-refractivity contribution in [2.75, 3.05) is 46.2 Å². The highest BCUT2D eigenvalue weighted by atomic mass is 35.5. The van der Waals surface area contributed by atoms with Crippen molar-refractivity contribution >= 4 is 40.4 Å². The van der Waals surface area contributed by atoms with Gasteiger partial charge in [-0.2, -0.15) is 0 Å². The van der Waals surface area contributed by atoms with E-state index in [-0.39, 0.29) is 17.9 Å². The lowest BCUT2D eigenvalue weighted by atomic mass is 10.1. The second kappa shape index (κ2) is 12.0. The summed E-state index contributed by atoms with van der Waals surface area (Å²) >= 11 is 6.52. The van der Waals surface area contributed by atoms with E-state index < -0.39 is 0 Å². The predicted octanol–water partition coefficient (Wildman–Crippen LogP) is 4.63. The molecule has 1 atom stereocenters. The first-order valence-electron chi connectivity index (χ1n) is 12.8. The largest absolute Gasteiger partial charge is 0.495 e. The summed E-state index contributed by atoms with van der Waals surface area (Å²) in [6.45, 7) is 5.59. The van der Waals surface area contributed by atoms with Gasteiger partial charge in [0.05, 0.1) is 29.2 Å². The van der Waals surface area contributed by atoms with Crippen LogP contribution < -0.4 is 10.1 Å². The molecule has 1 aliphatic heterocycles. The number of hydrogen-bond acceptors (Lipinski definition) is 6. The van der Waals surface area contributed by atoms with Gasteiger partial charge in [-0.05, 0) is 65.4 Å². The fourth-order valence-electron chi connectivity index (χ4n) is 4.85. The fraction of sp³-hybridized carbons (Fsp3) is 0.429. The number of nitrogens with zero attached hydrogens (tertiary/aromatic N) is 5. The number of likely N-dealkylation sites (N-methyl/N-ethyl adjacent to an activating group) is 1. The van der Waals surface area contributed by atoms with E-state index in [0.29, 0.717) is 47.4 Å². The summed E-state index contributed by atoms with van der Waals surface area (Å²) in [5.41, 5.74) is 3.46. The number of benzene rings is 1. The molecule has 0 unspecified atom stereocenters. The second-order valence-electron chi connectivity index (χ2n) is 9.97. The first kappa shape index (κ1) is 27.6. The van der Waals surface area contributed by atoms with Crippen molar-refractivity contribution in [3.8, 4) is 5.75 Å². The smallest absolute Gasteiger partial charge is 0.258 e. The van der Waals surface area contributed by atoms with Crippen LogP contribution in [0.4, 0.5) is 5.95 Å². The van der Waals surface area contributed by atoms with Crippen molar-refractivity contribution in [1.29, 1.82) is 0 Å². The molecule has 0 saturated carbocycles. The number of ether oxygens (including phenoxy) is 1. The molecule has 0 radical (unpaired) electrons. The van der Waals surface area contributed by atoms with Crippen molar-refractivity contribution in [2.45, 2.75) is 39.2 Å². The van der Waals surface area contributed by atoms with Crippen molar-refractivity contribution in [3.05, 3.63) is 58.4 Å². The molecule has 0 spiro atoms. The zero-order valence-corrected chi connectivity index (χ0v) is 23.4. The second-order valence-corrected chi connectivity index (χ2v) is 10.4. The van der Waals surface area contributed by atoms with Crippen LogP contribution >= 0.6 is 11.6 Å². The van der Waals surface area contributed by atoms with Gasteiger partial charge >= 0.3 is 0 Å². The van der Waals surface area contributed by atoms with Crippen LogP contribution in [0.5, 0.6) is 5.75 Å². The third kappa shape index (κ3) is 6.34. The number of likely N-dealkylation sites (tertiary alicyclic amines) is 1. The lowest BCUT2D eigenvalue weighted by Crippen LogP contribution is -2.34. The monoisotopic (exact) mass is 538 g/mol. The Morgan fingerprint density at radius 2 is 1.89 bits per heavy atom. The van der Waals surface area contributed by atoms with Gasteiger partial charge in [-0.1, -0.05) is 17.7 Å². The first-order valence-corrected chi connectivity index (χ1v) is 13.2. The number of hydrogen-bond donors (Lipinski definition) is 1. The molecule has 3 heterocycles. The first-order chi connectivity index (χ1) is 18.2. The van der Waals surface area contributed by atoms with Crippen LogP contribution in [0.1, 0.15) is 47.1 Å². The Morgan fingerprint density at radius 1 is 1.16 bits per heavy atom. The molecule has 202 valence electrons. The summed E-state index contributed by atoms with van der Waals surface area (Å²) in [6, 6.07) is 6.98. The van der Waals surface area contributed by atoms with E-state index in [1.54, 1.807) is 31.4 Å². The van der Waals surface area contributed by atoms with E-state index >= 15 is 0 Å². The molecule has 4 rings (SSSR count). The summed E-state index contributed by atoms with van der Waals surface area (Å²) in [5.74, 6) is 0.618. The number of aryl methyl sites for hydroxylation is 2. The Balaban J connectivity index is 1.72. The molecule has 0 bridgehead atoms. The van der Waals surface area contributed by atoms with Crippen molar-refractivity contribution < 1.29 is 14.3 Å². The molecule has 1 aromatic carbocycles. The fourth-order valence-corrected chi connectivity index (χ4v) is 5.09. The summed E-state index contributed by atoms with van der Waals surface area (Å²) in [6.07, 6.45) is 6.20. The standard InChI is InChI=1S/C28H35ClN6O3/c1-18-13-20(14-19(2)30-18)27(37)32-28-31-23-16-25(38-5)22(29)15-24(23)35(28)21-9-6-7-12-34(17-21)26(36)10-8-11-33(3)4/h8,10,13-16,21H,6-7,9,11-12,17H2,1-5H3,(H,31,32,37)/t21-/m1/s1. The molecular formula is C28H35ClN6O3. The Labute approximate surface area is 228 Å². The maximum atomic E-state index is 13.3. The Bertz CT molecular complexity index is 1350. The van der Waals surface area contributed by atoms with Gasteiger partial charge in [0.1, 0.15) is 5.75 Å². The summed E-state index contributed by atoms with van der Waals surface area (Å²) in [4.78, 5) is 39.4. The number of pyridine rings is 1. The van der Waals surface area contributed by atoms with Gasteiger partial charge in [-0.15, -0.1) is 0 Å². The molecule has 3 aromatic rings. The summed E-state index contributed by atoms with van der Waals surface area (Å²) < 4.78 is 7.42. The third-order valence-electron chi connectivity index (χ3n) is 6.59. The van der Waals surface area contributed by atoms with Crippen LogP contribution in [0, 0.1) is 13.8 Å². The van der Waals surface area contributed by atoms with E-state index in [0.717, 1.165) is 36.2 Å². The van der Waals surface area contributed by atoms with Crippen LogP contribution in [0.3, 0.4) is 0 Å². The van der Waals surface area contributed by atoms with Crippen LogP contribution in [-0.2, 0) is 4.79 Å². The zero-order chi connectivity index (χ0) is 27.4. The van der Waals surface area contributed by atoms with E-state index in [2.05, 4.69) is 10.3 Å². The molecule has 9 nitrogen and oxygen atoms in total. The number of fused-ring (bicyclic) bond motifs is 1. The Kier molecular flexibility index (Phi) is 8.69. The third-order valence-corrected chi connectivity index (χ3v) is 6.88. The van der Waals surface area contributed by atoms with Crippen LogP contribution in [-0.4, -0.2) is 77.0 Å². The average Bonchev–Trinajstić information content (AvgIpc) is 3.01. The van der Waals surface area contributed by atoms with Crippen LogP contribution in [0.25, 0.3) is 11.0 Å². The van der Waals surface area contributed by atoms with E-state index in [1.807, 2.05) is 54.5 Å². The molecule has 10 heteroatoms. The molecule has 0 aliphatic carbocycles. The number of anilines is 1. The number of methoxy groups -OCH3 is 1. The Morgan fingerprint density at radius 3 is 2.58 bits per heavy atom. The number of imidazole rings is 1.